The Morgan fingerprint density at radius 1 is 1.05 bits per heavy atom. The molecule has 2 N–H and O–H groups in total. The first-order valence-corrected chi connectivity index (χ1v) is 6.59. The first-order valence-electron chi connectivity index (χ1n) is 6.59. The lowest BCUT2D eigenvalue weighted by molar-refractivity contribution is 0.589. The summed E-state index contributed by atoms with van der Waals surface area (Å²) in [7, 11) is 0. The molecule has 3 nitrogen and oxygen atoms in total. The van der Waals surface area contributed by atoms with Crippen molar-refractivity contribution in [3.63, 3.8) is 0 Å². The summed E-state index contributed by atoms with van der Waals surface area (Å²) in [4.78, 5) is 8.39. The zero-order chi connectivity index (χ0) is 13.9. The van der Waals surface area contributed by atoms with Gasteiger partial charge in [-0.15, -0.1) is 0 Å². The van der Waals surface area contributed by atoms with Crippen molar-refractivity contribution in [3.8, 4) is 0 Å². The van der Waals surface area contributed by atoms with Crippen LogP contribution in [0.4, 0.5) is 0 Å². The van der Waals surface area contributed by atoms with Gasteiger partial charge in [0.15, 0.2) is 0 Å². The fourth-order valence-electron chi connectivity index (χ4n) is 1.99. The number of rotatable bonds is 3. The quantitative estimate of drug-likeness (QED) is 0.917. The summed E-state index contributed by atoms with van der Waals surface area (Å²) in [5.74, 6) is 0.697. The average molecular weight is 255 g/mol. The lowest BCUT2D eigenvalue weighted by atomic mass is 9.86. The summed E-state index contributed by atoms with van der Waals surface area (Å²) in [6, 6.07) is 10.3. The summed E-state index contributed by atoms with van der Waals surface area (Å²) in [6.07, 6.45) is 4.21. The zero-order valence-corrected chi connectivity index (χ0v) is 11.8. The molecule has 0 fully saturated rings. The highest BCUT2D eigenvalue weighted by atomic mass is 14.9. The van der Waals surface area contributed by atoms with Gasteiger partial charge in [-0.1, -0.05) is 45.0 Å². The van der Waals surface area contributed by atoms with Gasteiger partial charge in [-0.25, -0.2) is 9.97 Å². The predicted molar refractivity (Wildman–Crippen MR) is 77.8 cm³/mol. The van der Waals surface area contributed by atoms with Crippen molar-refractivity contribution in [2.75, 3.05) is 0 Å². The number of hydrogen-bond donors (Lipinski definition) is 1. The molecule has 0 radical (unpaired) electrons. The fourth-order valence-corrected chi connectivity index (χ4v) is 1.99. The molecule has 0 saturated carbocycles. The number of hydrogen-bond acceptors (Lipinski definition) is 3. The normalized spacial score (nSPS) is 13.3. The van der Waals surface area contributed by atoms with Gasteiger partial charge in [0, 0.05) is 12.4 Å². The number of aromatic nitrogens is 2. The van der Waals surface area contributed by atoms with E-state index in [0.29, 0.717) is 5.82 Å². The van der Waals surface area contributed by atoms with Gasteiger partial charge in [0.25, 0.3) is 0 Å². The van der Waals surface area contributed by atoms with Crippen LogP contribution in [0.15, 0.2) is 42.7 Å². The van der Waals surface area contributed by atoms with Crippen LogP contribution in [0.5, 0.6) is 0 Å². The average Bonchev–Trinajstić information content (AvgIpc) is 2.39. The Morgan fingerprint density at radius 2 is 1.63 bits per heavy atom. The van der Waals surface area contributed by atoms with Crippen LogP contribution >= 0.6 is 0 Å². The Hall–Kier alpha value is -1.74. The minimum absolute atomic E-state index is 0.151. The maximum absolute atomic E-state index is 6.13. The lowest BCUT2D eigenvalue weighted by Gasteiger charge is -2.19. The van der Waals surface area contributed by atoms with Crippen LogP contribution in [0.1, 0.15) is 43.8 Å². The third-order valence-electron chi connectivity index (χ3n) is 3.19. The predicted octanol–water partition coefficient (Wildman–Crippen LogP) is 3.02. The van der Waals surface area contributed by atoms with E-state index in [4.69, 9.17) is 5.73 Å². The van der Waals surface area contributed by atoms with Crippen molar-refractivity contribution in [3.05, 3.63) is 59.7 Å². The van der Waals surface area contributed by atoms with Crippen LogP contribution < -0.4 is 5.73 Å². The molecule has 0 aliphatic carbocycles. The SMILES string of the molecule is CC(C)(C)c1ccc(CC(N)c2ncccn2)cc1. The Morgan fingerprint density at radius 3 is 2.16 bits per heavy atom. The highest BCUT2D eigenvalue weighted by molar-refractivity contribution is 5.28. The molecule has 0 aliphatic rings. The molecule has 2 aromatic rings. The molecule has 1 aromatic heterocycles. The van der Waals surface area contributed by atoms with Crippen molar-refractivity contribution in [1.82, 2.24) is 9.97 Å². The molecule has 1 atom stereocenters. The van der Waals surface area contributed by atoms with E-state index in [1.807, 2.05) is 0 Å². The molecule has 0 spiro atoms. The van der Waals surface area contributed by atoms with E-state index in [1.54, 1.807) is 18.5 Å². The standard InChI is InChI=1S/C16H21N3/c1-16(2,3)13-7-5-12(6-8-13)11-14(17)15-18-9-4-10-19-15/h4-10,14H,11,17H2,1-3H3. The fraction of sp³-hybridized carbons (Fsp3) is 0.375. The molecule has 0 amide bonds. The smallest absolute Gasteiger partial charge is 0.145 e. The Balaban J connectivity index is 2.08. The summed E-state index contributed by atoms with van der Waals surface area (Å²) < 4.78 is 0. The van der Waals surface area contributed by atoms with E-state index in [0.717, 1.165) is 6.42 Å². The minimum atomic E-state index is -0.151. The molecular weight excluding hydrogens is 234 g/mol. The highest BCUT2D eigenvalue weighted by Crippen LogP contribution is 2.23. The third-order valence-corrected chi connectivity index (χ3v) is 3.19. The monoisotopic (exact) mass is 255 g/mol. The topological polar surface area (TPSA) is 51.8 Å². The lowest BCUT2D eigenvalue weighted by Crippen LogP contribution is -2.16. The van der Waals surface area contributed by atoms with Crippen LogP contribution in [0.3, 0.4) is 0 Å². The molecule has 1 heterocycles. The van der Waals surface area contributed by atoms with Gasteiger partial charge in [0.05, 0.1) is 6.04 Å². The van der Waals surface area contributed by atoms with Crippen LogP contribution in [0.2, 0.25) is 0 Å². The number of nitrogens with two attached hydrogens (primary N) is 1. The molecule has 3 heteroatoms. The molecule has 19 heavy (non-hydrogen) atoms. The van der Waals surface area contributed by atoms with E-state index < -0.39 is 0 Å². The number of nitrogens with zero attached hydrogens (tertiary/aromatic N) is 2. The van der Waals surface area contributed by atoms with Gasteiger partial charge < -0.3 is 5.73 Å². The van der Waals surface area contributed by atoms with Crippen molar-refractivity contribution >= 4 is 0 Å². The van der Waals surface area contributed by atoms with E-state index in [-0.39, 0.29) is 11.5 Å². The van der Waals surface area contributed by atoms with Gasteiger partial charge >= 0.3 is 0 Å². The van der Waals surface area contributed by atoms with Crippen LogP contribution in [0.25, 0.3) is 0 Å². The first-order chi connectivity index (χ1) is 8.97. The van der Waals surface area contributed by atoms with Crippen LogP contribution in [0, 0.1) is 0 Å². The Labute approximate surface area is 114 Å². The van der Waals surface area contributed by atoms with Crippen molar-refractivity contribution in [2.45, 2.75) is 38.6 Å². The molecule has 0 saturated heterocycles. The zero-order valence-electron chi connectivity index (χ0n) is 11.8. The molecule has 2 rings (SSSR count). The van der Waals surface area contributed by atoms with Gasteiger partial charge in [0.1, 0.15) is 5.82 Å². The molecule has 1 aromatic carbocycles. The van der Waals surface area contributed by atoms with E-state index in [2.05, 4.69) is 55.0 Å². The second kappa shape index (κ2) is 5.49. The van der Waals surface area contributed by atoms with E-state index >= 15 is 0 Å². The van der Waals surface area contributed by atoms with Gasteiger partial charge in [-0.3, -0.25) is 0 Å². The first kappa shape index (κ1) is 13.7. The summed E-state index contributed by atoms with van der Waals surface area (Å²) in [6.45, 7) is 6.64. The second-order valence-corrected chi connectivity index (χ2v) is 5.86. The maximum Gasteiger partial charge on any atom is 0.145 e. The summed E-state index contributed by atoms with van der Waals surface area (Å²) in [5.41, 5.74) is 8.86. The Bertz CT molecular complexity index is 512. The molecule has 1 unspecified atom stereocenters. The summed E-state index contributed by atoms with van der Waals surface area (Å²) in [5, 5.41) is 0. The van der Waals surface area contributed by atoms with Crippen LogP contribution in [-0.2, 0) is 11.8 Å². The number of benzene rings is 1. The molecule has 0 bridgehead atoms. The van der Waals surface area contributed by atoms with E-state index in [1.165, 1.54) is 11.1 Å². The molecule has 0 aliphatic heterocycles. The third kappa shape index (κ3) is 3.61. The Kier molecular flexibility index (Phi) is 3.96. The van der Waals surface area contributed by atoms with Gasteiger partial charge in [0.2, 0.25) is 0 Å². The largest absolute Gasteiger partial charge is 0.321 e. The van der Waals surface area contributed by atoms with Gasteiger partial charge in [-0.2, -0.15) is 0 Å². The molecular formula is C16H21N3. The van der Waals surface area contributed by atoms with Crippen molar-refractivity contribution in [1.29, 1.82) is 0 Å². The second-order valence-electron chi connectivity index (χ2n) is 5.86. The molecule has 100 valence electrons. The van der Waals surface area contributed by atoms with Crippen LogP contribution in [-0.4, -0.2) is 9.97 Å². The minimum Gasteiger partial charge on any atom is -0.321 e. The summed E-state index contributed by atoms with van der Waals surface area (Å²) >= 11 is 0. The van der Waals surface area contributed by atoms with Crippen molar-refractivity contribution in [2.24, 2.45) is 5.73 Å². The van der Waals surface area contributed by atoms with Gasteiger partial charge in [-0.05, 0) is 29.0 Å². The van der Waals surface area contributed by atoms with Crippen molar-refractivity contribution < 1.29 is 0 Å². The maximum atomic E-state index is 6.13. The highest BCUT2D eigenvalue weighted by Gasteiger charge is 2.14. The van der Waals surface area contributed by atoms with E-state index in [9.17, 15) is 0 Å².